The van der Waals surface area contributed by atoms with Crippen LogP contribution in [0.4, 0.5) is 11.6 Å². The van der Waals surface area contributed by atoms with E-state index in [2.05, 4.69) is 33.8 Å². The third-order valence-electron chi connectivity index (χ3n) is 7.30. The van der Waals surface area contributed by atoms with Crippen molar-refractivity contribution < 1.29 is 8.42 Å². The molecule has 3 heterocycles. The number of benzene rings is 2. The molecule has 1 aliphatic heterocycles. The van der Waals surface area contributed by atoms with Gasteiger partial charge in [-0.3, -0.25) is 9.36 Å². The topological polar surface area (TPSA) is 106 Å². The Hall–Kier alpha value is -3.82. The number of aromatic nitrogens is 3. The van der Waals surface area contributed by atoms with Gasteiger partial charge in [-0.1, -0.05) is 30.3 Å². The van der Waals surface area contributed by atoms with E-state index >= 15 is 0 Å². The van der Waals surface area contributed by atoms with Crippen LogP contribution in [-0.4, -0.2) is 41.3 Å². The van der Waals surface area contributed by atoms with E-state index in [9.17, 15) is 13.2 Å². The molecule has 9 heteroatoms. The molecule has 200 valence electrons. The zero-order valence-electron chi connectivity index (χ0n) is 22.0. The van der Waals surface area contributed by atoms with Crippen molar-refractivity contribution in [1.29, 1.82) is 0 Å². The minimum absolute atomic E-state index is 0.168. The molecule has 2 aliphatic rings. The van der Waals surface area contributed by atoms with Crippen molar-refractivity contribution >= 4 is 38.1 Å². The molecular weight excluding hydrogens is 510 g/mol. The highest BCUT2D eigenvalue weighted by Gasteiger charge is 2.37. The van der Waals surface area contributed by atoms with Gasteiger partial charge in [0.2, 0.25) is 5.95 Å². The maximum atomic E-state index is 13.7. The lowest BCUT2D eigenvalue weighted by Crippen LogP contribution is -2.25. The first kappa shape index (κ1) is 25.5. The van der Waals surface area contributed by atoms with Crippen LogP contribution in [0.5, 0.6) is 0 Å². The van der Waals surface area contributed by atoms with Gasteiger partial charge in [0.05, 0.1) is 10.1 Å². The number of pyridine rings is 1. The van der Waals surface area contributed by atoms with Crippen LogP contribution in [0.25, 0.3) is 27.7 Å². The molecule has 0 amide bonds. The monoisotopic (exact) mass is 541 g/mol. The van der Waals surface area contributed by atoms with Crippen LogP contribution in [0, 0.1) is 0 Å². The van der Waals surface area contributed by atoms with Crippen molar-refractivity contribution in [2.24, 2.45) is 0 Å². The summed E-state index contributed by atoms with van der Waals surface area (Å²) in [7, 11) is -3.37. The van der Waals surface area contributed by atoms with Crippen molar-refractivity contribution in [3.63, 3.8) is 0 Å². The van der Waals surface area contributed by atoms with Crippen molar-refractivity contribution in [2.75, 3.05) is 18.4 Å². The van der Waals surface area contributed by atoms with E-state index < -0.39 is 9.84 Å². The van der Waals surface area contributed by atoms with Gasteiger partial charge >= 0.3 is 0 Å². The Kier molecular flexibility index (Phi) is 6.56. The van der Waals surface area contributed by atoms with Gasteiger partial charge in [-0.2, -0.15) is 4.98 Å². The molecule has 2 N–H and O–H groups in total. The second-order valence-corrected chi connectivity index (χ2v) is 12.7. The predicted octanol–water partition coefficient (Wildman–Crippen LogP) is 5.10. The average molecular weight is 542 g/mol. The Labute approximate surface area is 227 Å². The van der Waals surface area contributed by atoms with Gasteiger partial charge < -0.3 is 10.6 Å². The third-order valence-corrected chi connectivity index (χ3v) is 9.56. The molecule has 2 aromatic carbocycles. The summed E-state index contributed by atoms with van der Waals surface area (Å²) in [4.78, 5) is 23.2. The lowest BCUT2D eigenvalue weighted by atomic mass is 10.0. The van der Waals surface area contributed by atoms with E-state index in [-0.39, 0.29) is 21.7 Å². The Bertz CT molecular complexity index is 1750. The van der Waals surface area contributed by atoms with Gasteiger partial charge in [0.15, 0.2) is 9.84 Å². The Morgan fingerprint density at radius 2 is 1.85 bits per heavy atom. The molecule has 0 radical (unpaired) electrons. The molecule has 4 aromatic rings. The van der Waals surface area contributed by atoms with Crippen LogP contribution in [0.3, 0.4) is 0 Å². The number of rotatable bonds is 7. The normalized spacial score (nSPS) is 15.9. The van der Waals surface area contributed by atoms with Crippen LogP contribution in [0.15, 0.2) is 76.6 Å². The summed E-state index contributed by atoms with van der Waals surface area (Å²) in [6.45, 7) is 5.75. The first-order chi connectivity index (χ1) is 18.8. The van der Waals surface area contributed by atoms with Crippen LogP contribution in [0.2, 0.25) is 0 Å². The second-order valence-electron chi connectivity index (χ2n) is 10.5. The summed E-state index contributed by atoms with van der Waals surface area (Å²) in [5.41, 5.74) is 4.71. The van der Waals surface area contributed by atoms with Gasteiger partial charge in [-0.25, -0.2) is 13.4 Å². The molecule has 2 aromatic heterocycles. The van der Waals surface area contributed by atoms with E-state index in [1.165, 1.54) is 11.1 Å². The average Bonchev–Trinajstić information content (AvgIpc) is 3.80. The second kappa shape index (κ2) is 10.1. The van der Waals surface area contributed by atoms with Gasteiger partial charge in [0, 0.05) is 35.4 Å². The minimum Gasteiger partial charge on any atom is -0.324 e. The van der Waals surface area contributed by atoms with Crippen LogP contribution < -0.4 is 16.2 Å². The fourth-order valence-corrected chi connectivity index (χ4v) is 6.76. The molecule has 0 atom stereocenters. The van der Waals surface area contributed by atoms with Crippen molar-refractivity contribution in [3.05, 3.63) is 82.8 Å². The summed E-state index contributed by atoms with van der Waals surface area (Å²) in [6, 6.07) is 16.5. The van der Waals surface area contributed by atoms with Crippen molar-refractivity contribution in [1.82, 2.24) is 19.9 Å². The number of hydrogen-bond donors (Lipinski definition) is 2. The molecule has 0 saturated heterocycles. The Balaban J connectivity index is 1.35. The largest absolute Gasteiger partial charge is 0.324 e. The smallest absolute Gasteiger partial charge is 0.260 e. The van der Waals surface area contributed by atoms with Gasteiger partial charge in [0.25, 0.3) is 5.56 Å². The number of nitrogens with zero attached hydrogens (tertiary/aromatic N) is 3. The van der Waals surface area contributed by atoms with E-state index in [1.807, 2.05) is 26.0 Å². The third kappa shape index (κ3) is 4.99. The molecule has 0 bridgehead atoms. The predicted molar refractivity (Wildman–Crippen MR) is 155 cm³/mol. The maximum absolute atomic E-state index is 13.7. The molecule has 6 rings (SSSR count). The van der Waals surface area contributed by atoms with Crippen LogP contribution in [-0.2, 0) is 9.84 Å². The lowest BCUT2D eigenvalue weighted by molar-refractivity contribution is 0.594. The fourth-order valence-electron chi connectivity index (χ4n) is 5.06. The number of anilines is 2. The van der Waals surface area contributed by atoms with Gasteiger partial charge in [-0.05, 0) is 86.7 Å². The summed E-state index contributed by atoms with van der Waals surface area (Å²) in [5.74, 6) is 0.399. The van der Waals surface area contributed by atoms with Crippen LogP contribution in [0.1, 0.15) is 44.7 Å². The highest BCUT2D eigenvalue weighted by atomic mass is 32.2. The summed E-state index contributed by atoms with van der Waals surface area (Å²) in [5, 5.41) is 6.99. The zero-order valence-corrected chi connectivity index (χ0v) is 22.8. The Morgan fingerprint density at radius 1 is 1.05 bits per heavy atom. The quantitative estimate of drug-likeness (QED) is 0.335. The summed E-state index contributed by atoms with van der Waals surface area (Å²) in [6.07, 6.45) is 6.31. The first-order valence-electron chi connectivity index (χ1n) is 13.3. The zero-order chi connectivity index (χ0) is 27.1. The number of nitrogens with one attached hydrogen (secondary N) is 2. The van der Waals surface area contributed by atoms with E-state index in [0.29, 0.717) is 41.0 Å². The highest BCUT2D eigenvalue weighted by Crippen LogP contribution is 2.35. The fraction of sp³-hybridized carbons (Fsp3) is 0.300. The first-order valence-corrected chi connectivity index (χ1v) is 14.9. The highest BCUT2D eigenvalue weighted by molar-refractivity contribution is 7.92. The molecule has 0 unspecified atom stereocenters. The molecule has 1 aliphatic carbocycles. The molecule has 1 fully saturated rings. The standard InChI is InChI=1S/C30H31N5O3S/c1-19(2)35-28-23(17-27(29(35)36)22-4-3-5-26(16-22)39(37,38)25-10-11-25)18-32-30(34-28)33-24-8-6-20(7-9-24)21-12-14-31-15-13-21/h3-9,12,16-19,25,31H,10-11,13-15H2,1-2H3,(H,32,33,34). The van der Waals surface area contributed by atoms with Crippen molar-refractivity contribution in [2.45, 2.75) is 49.3 Å². The Morgan fingerprint density at radius 3 is 2.54 bits per heavy atom. The van der Waals surface area contributed by atoms with Crippen LogP contribution >= 0.6 is 0 Å². The van der Waals surface area contributed by atoms with Gasteiger partial charge in [0.1, 0.15) is 5.65 Å². The molecular formula is C30H31N5O3S. The SMILES string of the molecule is CC(C)n1c(=O)c(-c2cccc(S(=O)(=O)C3CC3)c2)cc2cnc(Nc3ccc(C4=CCNCC4)cc3)nc21. The molecule has 8 nitrogen and oxygen atoms in total. The van der Waals surface area contributed by atoms with Gasteiger partial charge in [-0.15, -0.1) is 0 Å². The van der Waals surface area contributed by atoms with Crippen molar-refractivity contribution in [3.8, 4) is 11.1 Å². The van der Waals surface area contributed by atoms with E-state index in [4.69, 9.17) is 4.98 Å². The number of sulfone groups is 1. The summed E-state index contributed by atoms with van der Waals surface area (Å²) < 4.78 is 27.3. The summed E-state index contributed by atoms with van der Waals surface area (Å²) >= 11 is 0. The van der Waals surface area contributed by atoms with E-state index in [0.717, 1.165) is 25.2 Å². The minimum atomic E-state index is -3.37. The molecule has 0 spiro atoms. The maximum Gasteiger partial charge on any atom is 0.260 e. The number of hydrogen-bond acceptors (Lipinski definition) is 7. The lowest BCUT2D eigenvalue weighted by Gasteiger charge is -2.17. The molecule has 1 saturated carbocycles. The van der Waals surface area contributed by atoms with E-state index in [1.54, 1.807) is 41.1 Å². The molecule has 39 heavy (non-hydrogen) atoms. The number of fused-ring (bicyclic) bond motifs is 1.